The number of nitrogens with zero attached hydrogens (tertiary/aromatic N) is 1. The Morgan fingerprint density at radius 1 is 1.05 bits per heavy atom. The molecule has 0 N–H and O–H groups in total. The first kappa shape index (κ1) is 12.8. The SMILES string of the molecule is Cc1cc2oc(=O)c3c(C)noc3c2cc1-c1ccccc1. The fourth-order valence-corrected chi connectivity index (χ4v) is 2.82. The largest absolute Gasteiger partial charge is 0.422 e. The second kappa shape index (κ2) is 4.56. The van der Waals surface area contributed by atoms with Crippen LogP contribution >= 0.6 is 0 Å². The predicted octanol–water partition coefficient (Wildman–Crippen LogP) is 4.22. The molecule has 4 heteroatoms. The minimum Gasteiger partial charge on any atom is -0.422 e. The van der Waals surface area contributed by atoms with Crippen LogP contribution in [0.2, 0.25) is 0 Å². The molecular formula is C18H13NO3. The zero-order chi connectivity index (χ0) is 15.3. The molecular weight excluding hydrogens is 278 g/mol. The first-order chi connectivity index (χ1) is 10.6. The van der Waals surface area contributed by atoms with Gasteiger partial charge in [0, 0.05) is 0 Å². The van der Waals surface area contributed by atoms with E-state index >= 15 is 0 Å². The highest BCUT2D eigenvalue weighted by Crippen LogP contribution is 2.31. The molecule has 2 aromatic carbocycles. The third-order valence-corrected chi connectivity index (χ3v) is 3.93. The Labute approximate surface area is 126 Å². The molecule has 0 aliphatic carbocycles. The normalized spacial score (nSPS) is 11.4. The molecule has 2 heterocycles. The van der Waals surface area contributed by atoms with E-state index in [9.17, 15) is 4.79 Å². The summed E-state index contributed by atoms with van der Waals surface area (Å²) in [5, 5.41) is 5.07. The summed E-state index contributed by atoms with van der Waals surface area (Å²) in [6, 6.07) is 14.0. The van der Waals surface area contributed by atoms with Gasteiger partial charge in [-0.15, -0.1) is 0 Å². The number of rotatable bonds is 1. The Morgan fingerprint density at radius 2 is 1.82 bits per heavy atom. The maximum absolute atomic E-state index is 12.1. The fraction of sp³-hybridized carbons (Fsp3) is 0.111. The summed E-state index contributed by atoms with van der Waals surface area (Å²) in [5.74, 6) is 0. The molecule has 0 amide bonds. The van der Waals surface area contributed by atoms with Crippen molar-refractivity contribution in [2.75, 3.05) is 0 Å². The van der Waals surface area contributed by atoms with Gasteiger partial charge in [-0.2, -0.15) is 0 Å². The average Bonchev–Trinajstić information content (AvgIpc) is 2.90. The van der Waals surface area contributed by atoms with Crippen molar-refractivity contribution in [1.82, 2.24) is 5.16 Å². The van der Waals surface area contributed by atoms with Gasteiger partial charge in [0.25, 0.3) is 0 Å². The van der Waals surface area contributed by atoms with Crippen molar-refractivity contribution in [2.45, 2.75) is 13.8 Å². The van der Waals surface area contributed by atoms with E-state index in [1.54, 1.807) is 6.92 Å². The van der Waals surface area contributed by atoms with E-state index < -0.39 is 5.63 Å². The van der Waals surface area contributed by atoms with Crippen molar-refractivity contribution in [3.8, 4) is 11.1 Å². The minimum absolute atomic E-state index is 0.409. The minimum atomic E-state index is -0.409. The van der Waals surface area contributed by atoms with Crippen molar-refractivity contribution in [3.05, 3.63) is 64.1 Å². The molecule has 2 aromatic heterocycles. The number of aromatic nitrogens is 1. The van der Waals surface area contributed by atoms with Gasteiger partial charge in [0.1, 0.15) is 11.0 Å². The van der Waals surface area contributed by atoms with Crippen molar-refractivity contribution >= 4 is 21.9 Å². The summed E-state index contributed by atoms with van der Waals surface area (Å²) < 4.78 is 10.8. The molecule has 4 nitrogen and oxygen atoms in total. The number of benzene rings is 2. The molecule has 4 aromatic rings. The average molecular weight is 291 g/mol. The summed E-state index contributed by atoms with van der Waals surface area (Å²) in [5.41, 5.74) is 4.37. The smallest absolute Gasteiger partial charge is 0.349 e. The molecule has 0 atom stereocenters. The number of fused-ring (bicyclic) bond motifs is 3. The van der Waals surface area contributed by atoms with Crippen LogP contribution in [-0.4, -0.2) is 5.16 Å². The molecule has 0 spiro atoms. The molecule has 0 fully saturated rings. The summed E-state index contributed by atoms with van der Waals surface area (Å²) in [6.07, 6.45) is 0. The van der Waals surface area contributed by atoms with Gasteiger partial charge in [-0.05, 0) is 42.7 Å². The molecule has 0 unspecified atom stereocenters. The monoisotopic (exact) mass is 291 g/mol. The van der Waals surface area contributed by atoms with Crippen LogP contribution in [0, 0.1) is 13.8 Å². The molecule has 0 saturated heterocycles. The van der Waals surface area contributed by atoms with Gasteiger partial charge in [0.2, 0.25) is 0 Å². The lowest BCUT2D eigenvalue weighted by atomic mass is 9.98. The number of hydrogen-bond acceptors (Lipinski definition) is 4. The summed E-state index contributed by atoms with van der Waals surface area (Å²) in [7, 11) is 0. The van der Waals surface area contributed by atoms with Crippen LogP contribution in [0.3, 0.4) is 0 Å². The van der Waals surface area contributed by atoms with Crippen LogP contribution in [0.4, 0.5) is 0 Å². The van der Waals surface area contributed by atoms with Crippen LogP contribution < -0.4 is 5.63 Å². The van der Waals surface area contributed by atoms with E-state index in [1.165, 1.54) is 0 Å². The Kier molecular flexibility index (Phi) is 2.66. The lowest BCUT2D eigenvalue weighted by molar-refractivity contribution is 0.451. The quantitative estimate of drug-likeness (QED) is 0.493. The molecule has 4 rings (SSSR count). The van der Waals surface area contributed by atoms with Gasteiger partial charge >= 0.3 is 5.63 Å². The third kappa shape index (κ3) is 1.77. The van der Waals surface area contributed by atoms with E-state index in [1.807, 2.05) is 37.3 Å². The Morgan fingerprint density at radius 3 is 2.59 bits per heavy atom. The fourth-order valence-electron chi connectivity index (χ4n) is 2.82. The van der Waals surface area contributed by atoms with E-state index in [0.717, 1.165) is 22.1 Å². The standard InChI is InChI=1S/C18H13NO3/c1-10-8-15-14(9-13(10)12-6-4-3-5-7-12)17-16(18(20)21-15)11(2)19-22-17/h3-9H,1-2H3. The number of aryl methyl sites for hydroxylation is 2. The molecule has 0 aliphatic heterocycles. The van der Waals surface area contributed by atoms with Crippen molar-refractivity contribution in [2.24, 2.45) is 0 Å². The van der Waals surface area contributed by atoms with Crippen LogP contribution in [-0.2, 0) is 0 Å². The molecule has 108 valence electrons. The van der Waals surface area contributed by atoms with Crippen LogP contribution in [0.15, 0.2) is 56.2 Å². The highest BCUT2D eigenvalue weighted by molar-refractivity contribution is 6.03. The second-order valence-electron chi connectivity index (χ2n) is 5.39. The van der Waals surface area contributed by atoms with Gasteiger partial charge in [-0.25, -0.2) is 4.79 Å². The van der Waals surface area contributed by atoms with Crippen LogP contribution in [0.25, 0.3) is 33.1 Å². The Balaban J connectivity index is 2.14. The van der Waals surface area contributed by atoms with E-state index in [-0.39, 0.29) is 0 Å². The van der Waals surface area contributed by atoms with Crippen LogP contribution in [0.1, 0.15) is 11.3 Å². The summed E-state index contributed by atoms with van der Waals surface area (Å²) >= 11 is 0. The van der Waals surface area contributed by atoms with Crippen LogP contribution in [0.5, 0.6) is 0 Å². The van der Waals surface area contributed by atoms with Gasteiger partial charge in [0.05, 0.1) is 11.1 Å². The summed E-state index contributed by atoms with van der Waals surface area (Å²) in [6.45, 7) is 3.73. The maximum Gasteiger partial charge on any atom is 0.349 e. The molecule has 0 saturated carbocycles. The molecule has 0 aliphatic rings. The van der Waals surface area contributed by atoms with Crippen molar-refractivity contribution in [3.63, 3.8) is 0 Å². The van der Waals surface area contributed by atoms with Crippen molar-refractivity contribution in [1.29, 1.82) is 0 Å². The van der Waals surface area contributed by atoms with Gasteiger partial charge in [0.15, 0.2) is 5.58 Å². The van der Waals surface area contributed by atoms with Gasteiger partial charge in [-0.1, -0.05) is 35.5 Å². The molecule has 22 heavy (non-hydrogen) atoms. The zero-order valence-corrected chi connectivity index (χ0v) is 12.2. The summed E-state index contributed by atoms with van der Waals surface area (Å²) in [4.78, 5) is 12.1. The Hall–Kier alpha value is -2.88. The molecule has 0 radical (unpaired) electrons. The maximum atomic E-state index is 12.1. The van der Waals surface area contributed by atoms with E-state index in [0.29, 0.717) is 22.2 Å². The van der Waals surface area contributed by atoms with Gasteiger partial charge in [-0.3, -0.25) is 0 Å². The van der Waals surface area contributed by atoms with E-state index in [2.05, 4.69) is 17.3 Å². The molecule has 0 bridgehead atoms. The third-order valence-electron chi connectivity index (χ3n) is 3.93. The lowest BCUT2D eigenvalue weighted by Crippen LogP contribution is -2.00. The zero-order valence-electron chi connectivity index (χ0n) is 12.2. The van der Waals surface area contributed by atoms with Crippen molar-refractivity contribution < 1.29 is 8.94 Å². The first-order valence-electron chi connectivity index (χ1n) is 7.04. The van der Waals surface area contributed by atoms with E-state index in [4.69, 9.17) is 8.94 Å². The highest BCUT2D eigenvalue weighted by Gasteiger charge is 2.16. The number of hydrogen-bond donors (Lipinski definition) is 0. The first-order valence-corrected chi connectivity index (χ1v) is 7.04. The lowest BCUT2D eigenvalue weighted by Gasteiger charge is -2.07. The Bertz CT molecular complexity index is 1060. The highest BCUT2D eigenvalue weighted by atomic mass is 16.5. The van der Waals surface area contributed by atoms with Gasteiger partial charge < -0.3 is 8.94 Å². The topological polar surface area (TPSA) is 56.2 Å². The second-order valence-corrected chi connectivity index (χ2v) is 5.39. The predicted molar refractivity (Wildman–Crippen MR) is 85.0 cm³/mol.